The van der Waals surface area contributed by atoms with Crippen LogP contribution in [0.4, 0.5) is 8.78 Å². The first-order valence-corrected chi connectivity index (χ1v) is 12.8. The topological polar surface area (TPSA) is 145 Å². The summed E-state index contributed by atoms with van der Waals surface area (Å²) >= 11 is 0. The number of aliphatic hydroxyl groups excluding tert-OH is 2. The number of fused-ring (bicyclic) bond motifs is 5. The van der Waals surface area contributed by atoms with Gasteiger partial charge in [-0.05, 0) is 55.9 Å². The van der Waals surface area contributed by atoms with E-state index in [1.165, 1.54) is 6.07 Å². The minimum atomic E-state index is -2.26. The second kappa shape index (κ2) is 10.5. The van der Waals surface area contributed by atoms with E-state index in [-0.39, 0.29) is 23.5 Å². The molecule has 208 valence electrons. The summed E-state index contributed by atoms with van der Waals surface area (Å²) in [5, 5.41) is 19.3. The van der Waals surface area contributed by atoms with Crippen LogP contribution >= 0.6 is 0 Å². The number of carbonyl (C=O) groups is 2. The summed E-state index contributed by atoms with van der Waals surface area (Å²) in [6.45, 7) is 6.11. The highest BCUT2D eigenvalue weighted by molar-refractivity contribution is 5.92. The van der Waals surface area contributed by atoms with Gasteiger partial charge in [0.05, 0.1) is 35.6 Å². The number of aryl methyl sites for hydroxylation is 2. The van der Waals surface area contributed by atoms with Crippen molar-refractivity contribution in [3.63, 3.8) is 0 Å². The molecule has 2 atom stereocenters. The molecule has 2 aliphatic heterocycles. The zero-order valence-electron chi connectivity index (χ0n) is 22.2. The second-order valence-corrected chi connectivity index (χ2v) is 9.71. The van der Waals surface area contributed by atoms with Gasteiger partial charge in [-0.15, -0.1) is 0 Å². The average Bonchev–Trinajstić information content (AvgIpc) is 3.30. The van der Waals surface area contributed by atoms with Crippen LogP contribution in [0.5, 0.6) is 0 Å². The molecule has 2 aromatic heterocycles. The standard InChI is InChI=1S/C22H17FN2O4.C4H8FNO2.C2H6/c1-9-10-3-2-4-11-13-7-25-17(19(13)24-16(18(10)11)6-15(9)23)5-12-14(21(25)27)8-29-22(28)20(12)26;1-4(5,2-7)3(6)8;1-2/h5-6,20,26H,2-4,7-8H2,1H3;7H,2H2,1H3,(H2,6,8);1-2H3. The Labute approximate surface area is 223 Å². The Morgan fingerprint density at radius 1 is 1.21 bits per heavy atom. The molecule has 1 aromatic carbocycles. The smallest absolute Gasteiger partial charge is 0.340 e. The van der Waals surface area contributed by atoms with Crippen LogP contribution in [0.15, 0.2) is 16.9 Å². The van der Waals surface area contributed by atoms with Crippen molar-refractivity contribution >= 4 is 22.8 Å². The van der Waals surface area contributed by atoms with Crippen molar-refractivity contribution < 1.29 is 33.3 Å². The van der Waals surface area contributed by atoms with Crippen molar-refractivity contribution in [2.45, 2.75) is 71.9 Å². The maximum Gasteiger partial charge on any atom is 0.340 e. The summed E-state index contributed by atoms with van der Waals surface area (Å²) in [5.41, 5.74) is 8.10. The summed E-state index contributed by atoms with van der Waals surface area (Å²) in [6.07, 6.45) is 1.12. The lowest BCUT2D eigenvalue weighted by molar-refractivity contribution is -0.157. The molecule has 0 saturated heterocycles. The van der Waals surface area contributed by atoms with Gasteiger partial charge in [-0.25, -0.2) is 18.6 Å². The molecule has 9 nitrogen and oxygen atoms in total. The molecule has 1 amide bonds. The number of hydrogen-bond donors (Lipinski definition) is 3. The van der Waals surface area contributed by atoms with E-state index in [9.17, 15) is 28.3 Å². The largest absolute Gasteiger partial charge is 0.458 e. The van der Waals surface area contributed by atoms with E-state index in [2.05, 4.69) is 5.73 Å². The van der Waals surface area contributed by atoms with E-state index in [1.807, 2.05) is 13.8 Å². The van der Waals surface area contributed by atoms with E-state index in [1.54, 1.807) is 17.6 Å². The van der Waals surface area contributed by atoms with Crippen LogP contribution in [0, 0.1) is 12.7 Å². The molecule has 0 spiro atoms. The molecule has 0 fully saturated rings. The lowest BCUT2D eigenvalue weighted by Gasteiger charge is -2.22. The molecule has 3 aromatic rings. The number of aromatic nitrogens is 2. The minimum absolute atomic E-state index is 0.141. The number of aliphatic hydroxyl groups is 2. The van der Waals surface area contributed by atoms with Gasteiger partial charge in [0.1, 0.15) is 12.4 Å². The maximum absolute atomic E-state index is 14.5. The number of ether oxygens (including phenoxy) is 1. The van der Waals surface area contributed by atoms with Gasteiger partial charge < -0.3 is 25.3 Å². The molecule has 2 unspecified atom stereocenters. The molecule has 4 N–H and O–H groups in total. The number of cyclic esters (lactones) is 1. The van der Waals surface area contributed by atoms with Crippen LogP contribution in [0.25, 0.3) is 22.3 Å². The fourth-order valence-electron chi connectivity index (χ4n) is 5.14. The van der Waals surface area contributed by atoms with E-state index < -0.39 is 30.3 Å². The number of nitrogens with two attached hydrogens (primary N) is 1. The van der Waals surface area contributed by atoms with Crippen LogP contribution < -0.4 is 11.3 Å². The normalized spacial score (nSPS) is 17.8. The van der Waals surface area contributed by atoms with Gasteiger partial charge >= 0.3 is 5.97 Å². The van der Waals surface area contributed by atoms with Crippen molar-refractivity contribution in [1.82, 2.24) is 9.55 Å². The summed E-state index contributed by atoms with van der Waals surface area (Å²) in [5.74, 6) is -2.17. The summed E-state index contributed by atoms with van der Waals surface area (Å²) in [4.78, 5) is 39.5. The lowest BCUT2D eigenvalue weighted by Crippen LogP contribution is -2.39. The highest BCUT2D eigenvalue weighted by atomic mass is 19.1. The predicted octanol–water partition coefficient (Wildman–Crippen LogP) is 2.67. The molecule has 0 saturated carbocycles. The summed E-state index contributed by atoms with van der Waals surface area (Å²) in [6, 6.07) is 3.13. The predicted molar refractivity (Wildman–Crippen MR) is 139 cm³/mol. The van der Waals surface area contributed by atoms with Gasteiger partial charge in [-0.2, -0.15) is 0 Å². The maximum atomic E-state index is 14.5. The Balaban J connectivity index is 0.000000307. The van der Waals surface area contributed by atoms with Crippen molar-refractivity contribution in [1.29, 1.82) is 0 Å². The van der Waals surface area contributed by atoms with Gasteiger partial charge in [0.25, 0.3) is 11.5 Å². The first-order valence-electron chi connectivity index (χ1n) is 12.8. The second-order valence-electron chi connectivity index (χ2n) is 9.71. The molecule has 1 aliphatic carbocycles. The van der Waals surface area contributed by atoms with Gasteiger partial charge in [-0.3, -0.25) is 9.59 Å². The van der Waals surface area contributed by atoms with Gasteiger partial charge in [0, 0.05) is 22.6 Å². The number of esters is 1. The fourth-order valence-corrected chi connectivity index (χ4v) is 5.14. The van der Waals surface area contributed by atoms with Gasteiger partial charge in [0.2, 0.25) is 5.67 Å². The number of pyridine rings is 2. The number of amides is 1. The highest BCUT2D eigenvalue weighted by Crippen LogP contribution is 2.41. The SMILES string of the molecule is CC.CC(F)(CO)C(N)=O.Cc1c(F)cc2nc3c(c4c2c1CCC4)Cn1c-3cc2c(c1=O)COC(=O)C2O. The quantitative estimate of drug-likeness (QED) is 0.330. The molecule has 11 heteroatoms. The lowest BCUT2D eigenvalue weighted by atomic mass is 9.85. The fraction of sp³-hybridized carbons (Fsp3) is 0.429. The van der Waals surface area contributed by atoms with Gasteiger partial charge in [-0.1, -0.05) is 13.8 Å². The summed E-state index contributed by atoms with van der Waals surface area (Å²) < 4.78 is 33.3. The Hall–Kier alpha value is -3.70. The monoisotopic (exact) mass is 543 g/mol. The number of primary amides is 1. The van der Waals surface area contributed by atoms with Crippen molar-refractivity contribution in [2.75, 3.05) is 6.61 Å². The molecular weight excluding hydrogens is 512 g/mol. The number of carbonyl (C=O) groups excluding carboxylic acids is 2. The third-order valence-electron chi connectivity index (χ3n) is 7.35. The minimum Gasteiger partial charge on any atom is -0.458 e. The van der Waals surface area contributed by atoms with E-state index in [0.717, 1.165) is 48.3 Å². The molecule has 39 heavy (non-hydrogen) atoms. The van der Waals surface area contributed by atoms with E-state index in [0.29, 0.717) is 34.6 Å². The Bertz CT molecular complexity index is 1560. The van der Waals surface area contributed by atoms with Crippen LogP contribution in [-0.2, 0) is 40.3 Å². The van der Waals surface area contributed by atoms with Crippen molar-refractivity contribution in [3.8, 4) is 11.4 Å². The number of hydrogen-bond acceptors (Lipinski definition) is 7. The molecule has 4 heterocycles. The highest BCUT2D eigenvalue weighted by Gasteiger charge is 2.35. The molecule has 0 bridgehead atoms. The zero-order valence-corrected chi connectivity index (χ0v) is 22.2. The number of alkyl halides is 1. The Morgan fingerprint density at radius 3 is 2.49 bits per heavy atom. The third-order valence-corrected chi connectivity index (χ3v) is 7.35. The average molecular weight is 544 g/mol. The molecule has 6 rings (SSSR count). The van der Waals surface area contributed by atoms with E-state index >= 15 is 0 Å². The van der Waals surface area contributed by atoms with Crippen molar-refractivity contribution in [2.24, 2.45) is 5.73 Å². The zero-order chi connectivity index (χ0) is 28.8. The van der Waals surface area contributed by atoms with Crippen molar-refractivity contribution in [3.05, 3.63) is 61.7 Å². The number of nitrogens with zero attached hydrogens (tertiary/aromatic N) is 2. The third kappa shape index (κ3) is 4.59. The number of benzene rings is 1. The van der Waals surface area contributed by atoms with Gasteiger partial charge in [0.15, 0.2) is 6.10 Å². The molecular formula is C28H31F2N3O6. The first-order chi connectivity index (χ1) is 18.5. The molecule has 0 radical (unpaired) electrons. The first kappa shape index (κ1) is 28.3. The Morgan fingerprint density at radius 2 is 1.87 bits per heavy atom. The molecule has 3 aliphatic rings. The Kier molecular flexibility index (Phi) is 7.59. The van der Waals surface area contributed by atoms with Crippen LogP contribution in [0.1, 0.15) is 66.7 Å². The number of rotatable bonds is 2. The van der Waals surface area contributed by atoms with E-state index in [4.69, 9.17) is 14.8 Å². The van der Waals surface area contributed by atoms with Crippen LogP contribution in [-0.4, -0.2) is 43.9 Å². The van der Waals surface area contributed by atoms with Crippen LogP contribution in [0.2, 0.25) is 0 Å². The summed E-state index contributed by atoms with van der Waals surface area (Å²) in [7, 11) is 0. The van der Waals surface area contributed by atoms with Crippen LogP contribution in [0.3, 0.4) is 0 Å². The number of halogens is 2.